The van der Waals surface area contributed by atoms with Gasteiger partial charge in [0.25, 0.3) is 0 Å². The molecular formula is C13H21N3. The monoisotopic (exact) mass is 219 g/mol. The van der Waals surface area contributed by atoms with E-state index in [1.54, 1.807) is 0 Å². The molecule has 0 saturated heterocycles. The Morgan fingerprint density at radius 3 is 2.81 bits per heavy atom. The van der Waals surface area contributed by atoms with Crippen LogP contribution >= 0.6 is 0 Å². The van der Waals surface area contributed by atoms with Gasteiger partial charge in [0, 0.05) is 25.3 Å². The minimum Gasteiger partial charge on any atom is -0.308 e. The summed E-state index contributed by atoms with van der Waals surface area (Å²) in [5, 5.41) is 8.13. The van der Waals surface area contributed by atoms with Crippen LogP contribution in [0.5, 0.6) is 0 Å². The maximum absolute atomic E-state index is 4.63. The second-order valence-corrected chi connectivity index (χ2v) is 5.33. The first-order valence-electron chi connectivity index (χ1n) is 6.66. The van der Waals surface area contributed by atoms with Crippen LogP contribution < -0.4 is 5.32 Å². The summed E-state index contributed by atoms with van der Waals surface area (Å²) in [6.45, 7) is 2.08. The number of aromatic nitrogens is 2. The van der Waals surface area contributed by atoms with Gasteiger partial charge in [-0.15, -0.1) is 0 Å². The van der Waals surface area contributed by atoms with E-state index in [1.165, 1.54) is 44.2 Å². The molecule has 1 N–H and O–H groups in total. The normalized spacial score (nSPS) is 21.8. The summed E-state index contributed by atoms with van der Waals surface area (Å²) in [6.07, 6.45) is 10.5. The molecule has 0 spiro atoms. The first-order valence-corrected chi connectivity index (χ1v) is 6.66. The van der Waals surface area contributed by atoms with Crippen molar-refractivity contribution < 1.29 is 0 Å². The molecule has 16 heavy (non-hydrogen) atoms. The predicted molar refractivity (Wildman–Crippen MR) is 64.0 cm³/mol. The average Bonchev–Trinajstić information content (AvgIpc) is 2.78. The van der Waals surface area contributed by atoms with Crippen LogP contribution in [-0.4, -0.2) is 15.8 Å². The number of rotatable bonds is 5. The van der Waals surface area contributed by atoms with Crippen LogP contribution in [0.3, 0.4) is 0 Å². The standard InChI is InChI=1S/C13H21N3/c1-2-4-11(3-1)10-16-8-7-13(15-16)9-14-12-5-6-12/h7-8,11-12,14H,1-6,9-10H2. The van der Waals surface area contributed by atoms with E-state index in [-0.39, 0.29) is 0 Å². The van der Waals surface area contributed by atoms with Crippen molar-refractivity contribution >= 4 is 0 Å². The Kier molecular flexibility index (Phi) is 2.96. The molecule has 0 aromatic carbocycles. The summed E-state index contributed by atoms with van der Waals surface area (Å²) in [4.78, 5) is 0. The van der Waals surface area contributed by atoms with Gasteiger partial charge in [0.2, 0.25) is 0 Å². The highest BCUT2D eigenvalue weighted by molar-refractivity contribution is 5.00. The van der Waals surface area contributed by atoms with E-state index in [2.05, 4.69) is 27.4 Å². The lowest BCUT2D eigenvalue weighted by molar-refractivity contribution is 0.426. The highest BCUT2D eigenvalue weighted by Crippen LogP contribution is 2.25. The molecule has 88 valence electrons. The molecule has 2 aliphatic carbocycles. The van der Waals surface area contributed by atoms with E-state index in [0.29, 0.717) is 0 Å². The van der Waals surface area contributed by atoms with Crippen LogP contribution in [0, 0.1) is 5.92 Å². The van der Waals surface area contributed by atoms with Crippen molar-refractivity contribution in [2.24, 2.45) is 5.92 Å². The maximum atomic E-state index is 4.63. The van der Waals surface area contributed by atoms with Gasteiger partial charge in [-0.05, 0) is 37.7 Å². The molecule has 0 unspecified atom stereocenters. The Morgan fingerprint density at radius 1 is 1.25 bits per heavy atom. The molecule has 3 rings (SSSR count). The van der Waals surface area contributed by atoms with Gasteiger partial charge >= 0.3 is 0 Å². The fraction of sp³-hybridized carbons (Fsp3) is 0.769. The first kappa shape index (κ1) is 10.3. The molecule has 1 heterocycles. The van der Waals surface area contributed by atoms with Gasteiger partial charge < -0.3 is 5.32 Å². The molecule has 0 atom stereocenters. The Bertz CT molecular complexity index is 335. The fourth-order valence-electron chi connectivity index (χ4n) is 2.59. The summed E-state index contributed by atoms with van der Waals surface area (Å²) in [5.41, 5.74) is 1.20. The van der Waals surface area contributed by atoms with Gasteiger partial charge in [0.05, 0.1) is 5.69 Å². The Hall–Kier alpha value is -0.830. The van der Waals surface area contributed by atoms with Crippen LogP contribution in [0.25, 0.3) is 0 Å². The van der Waals surface area contributed by atoms with Crippen molar-refractivity contribution in [3.05, 3.63) is 18.0 Å². The summed E-state index contributed by atoms with van der Waals surface area (Å²) in [6, 6.07) is 2.93. The molecule has 3 heteroatoms. The molecule has 2 saturated carbocycles. The smallest absolute Gasteiger partial charge is 0.0762 e. The average molecular weight is 219 g/mol. The second-order valence-electron chi connectivity index (χ2n) is 5.33. The van der Waals surface area contributed by atoms with Gasteiger partial charge in [0.1, 0.15) is 0 Å². The van der Waals surface area contributed by atoms with Crippen molar-refractivity contribution in [2.75, 3.05) is 0 Å². The van der Waals surface area contributed by atoms with E-state index in [9.17, 15) is 0 Å². The molecule has 1 aromatic heterocycles. The molecule has 2 fully saturated rings. The van der Waals surface area contributed by atoms with E-state index in [0.717, 1.165) is 25.0 Å². The van der Waals surface area contributed by atoms with Gasteiger partial charge in [-0.2, -0.15) is 5.10 Å². The van der Waals surface area contributed by atoms with E-state index < -0.39 is 0 Å². The minimum atomic E-state index is 0.778. The Morgan fingerprint density at radius 2 is 2.06 bits per heavy atom. The molecule has 3 nitrogen and oxygen atoms in total. The Labute approximate surface area is 97.2 Å². The molecule has 1 aromatic rings. The van der Waals surface area contributed by atoms with Gasteiger partial charge in [-0.3, -0.25) is 4.68 Å². The molecular weight excluding hydrogens is 198 g/mol. The molecule has 0 radical (unpaired) electrons. The fourth-order valence-corrected chi connectivity index (χ4v) is 2.59. The van der Waals surface area contributed by atoms with Gasteiger partial charge in [0.15, 0.2) is 0 Å². The summed E-state index contributed by atoms with van der Waals surface area (Å²) in [7, 11) is 0. The predicted octanol–water partition coefficient (Wildman–Crippen LogP) is 2.33. The SMILES string of the molecule is c1cn(CC2CCCC2)nc1CNC1CC1. The topological polar surface area (TPSA) is 29.9 Å². The highest BCUT2D eigenvalue weighted by Gasteiger charge is 2.20. The molecule has 2 aliphatic rings. The third kappa shape index (κ3) is 2.64. The van der Waals surface area contributed by atoms with E-state index >= 15 is 0 Å². The lowest BCUT2D eigenvalue weighted by atomic mass is 10.1. The Balaban J connectivity index is 1.50. The summed E-state index contributed by atoms with van der Waals surface area (Å²) >= 11 is 0. The van der Waals surface area contributed by atoms with Crippen molar-refractivity contribution in [3.8, 4) is 0 Å². The third-order valence-electron chi connectivity index (χ3n) is 3.77. The zero-order valence-corrected chi connectivity index (χ0v) is 9.86. The van der Waals surface area contributed by atoms with Crippen molar-refractivity contribution in [1.29, 1.82) is 0 Å². The lowest BCUT2D eigenvalue weighted by Crippen LogP contribution is -2.16. The number of hydrogen-bond donors (Lipinski definition) is 1. The van der Waals surface area contributed by atoms with Crippen LogP contribution in [0.2, 0.25) is 0 Å². The zero-order chi connectivity index (χ0) is 10.8. The van der Waals surface area contributed by atoms with Crippen LogP contribution in [-0.2, 0) is 13.1 Å². The van der Waals surface area contributed by atoms with Crippen LogP contribution in [0.4, 0.5) is 0 Å². The highest BCUT2D eigenvalue weighted by atomic mass is 15.3. The zero-order valence-electron chi connectivity index (χ0n) is 9.86. The largest absolute Gasteiger partial charge is 0.308 e. The van der Waals surface area contributed by atoms with Crippen molar-refractivity contribution in [2.45, 2.75) is 57.7 Å². The third-order valence-corrected chi connectivity index (χ3v) is 3.77. The molecule has 0 aliphatic heterocycles. The maximum Gasteiger partial charge on any atom is 0.0762 e. The van der Waals surface area contributed by atoms with E-state index in [1.807, 2.05) is 0 Å². The summed E-state index contributed by atoms with van der Waals surface area (Å²) < 4.78 is 2.14. The number of nitrogens with one attached hydrogen (secondary N) is 1. The lowest BCUT2D eigenvalue weighted by Gasteiger charge is -2.08. The quantitative estimate of drug-likeness (QED) is 0.823. The van der Waals surface area contributed by atoms with Crippen LogP contribution in [0.15, 0.2) is 12.3 Å². The van der Waals surface area contributed by atoms with Gasteiger partial charge in [-0.25, -0.2) is 0 Å². The first-order chi connectivity index (χ1) is 7.90. The number of hydrogen-bond acceptors (Lipinski definition) is 2. The number of nitrogens with zero attached hydrogens (tertiary/aromatic N) is 2. The minimum absolute atomic E-state index is 0.778. The molecule has 0 bridgehead atoms. The van der Waals surface area contributed by atoms with Crippen molar-refractivity contribution in [3.63, 3.8) is 0 Å². The second kappa shape index (κ2) is 4.58. The summed E-state index contributed by atoms with van der Waals surface area (Å²) in [5.74, 6) is 0.879. The molecule has 0 amide bonds. The van der Waals surface area contributed by atoms with E-state index in [4.69, 9.17) is 0 Å². The van der Waals surface area contributed by atoms with Crippen LogP contribution in [0.1, 0.15) is 44.2 Å². The van der Waals surface area contributed by atoms with Crippen molar-refractivity contribution in [1.82, 2.24) is 15.1 Å². The van der Waals surface area contributed by atoms with Gasteiger partial charge in [-0.1, -0.05) is 12.8 Å².